The Hall–Kier alpha value is -0.440. The van der Waals surface area contributed by atoms with Crippen LogP contribution >= 0.6 is 23.2 Å². The van der Waals surface area contributed by atoms with E-state index in [2.05, 4.69) is 0 Å². The topological polar surface area (TPSA) is 21.8 Å². The summed E-state index contributed by atoms with van der Waals surface area (Å²) in [6.07, 6.45) is 0. The van der Waals surface area contributed by atoms with Gasteiger partial charge in [-0.2, -0.15) is 0 Å². The number of rotatable bonds is 3. The van der Waals surface area contributed by atoms with Crippen molar-refractivity contribution in [2.45, 2.75) is 12.5 Å². The van der Waals surface area contributed by atoms with E-state index in [1.807, 2.05) is 6.92 Å². The van der Waals surface area contributed by atoms with Gasteiger partial charge in [0.05, 0.1) is 11.6 Å². The third-order valence-electron chi connectivity index (χ3n) is 2.06. The van der Waals surface area contributed by atoms with E-state index in [-0.39, 0.29) is 5.60 Å². The van der Waals surface area contributed by atoms with Gasteiger partial charge < -0.3 is 9.47 Å². The van der Waals surface area contributed by atoms with Gasteiger partial charge in [-0.05, 0) is 25.1 Å². The average Bonchev–Trinajstić information content (AvgIpc) is 2.83. The van der Waals surface area contributed by atoms with Crippen LogP contribution in [0.25, 0.3) is 0 Å². The van der Waals surface area contributed by atoms with Crippen LogP contribution in [0.1, 0.15) is 6.92 Å². The first-order chi connectivity index (χ1) is 6.59. The maximum absolute atomic E-state index is 5.93. The molecule has 1 heterocycles. The van der Waals surface area contributed by atoms with Crippen LogP contribution in [0, 0.1) is 0 Å². The van der Waals surface area contributed by atoms with Crippen LogP contribution in [-0.4, -0.2) is 18.8 Å². The second-order valence-electron chi connectivity index (χ2n) is 3.60. The summed E-state index contributed by atoms with van der Waals surface area (Å²) in [6, 6.07) is 5.17. The van der Waals surface area contributed by atoms with Crippen LogP contribution in [0.2, 0.25) is 10.0 Å². The molecule has 1 atom stereocenters. The highest BCUT2D eigenvalue weighted by molar-refractivity contribution is 6.35. The summed E-state index contributed by atoms with van der Waals surface area (Å²) in [7, 11) is 0. The highest BCUT2D eigenvalue weighted by Gasteiger charge is 2.40. The van der Waals surface area contributed by atoms with Crippen LogP contribution in [0.3, 0.4) is 0 Å². The zero-order chi connectivity index (χ0) is 10.2. The van der Waals surface area contributed by atoms with Crippen LogP contribution < -0.4 is 4.74 Å². The summed E-state index contributed by atoms with van der Waals surface area (Å²) in [4.78, 5) is 0. The fraction of sp³-hybridized carbons (Fsp3) is 0.400. The van der Waals surface area contributed by atoms with Crippen molar-refractivity contribution in [2.24, 2.45) is 0 Å². The minimum atomic E-state index is -0.122. The molecule has 0 aromatic heterocycles. The third kappa shape index (κ3) is 2.32. The summed E-state index contributed by atoms with van der Waals surface area (Å²) in [5.74, 6) is 0.646. The maximum atomic E-state index is 5.93. The molecule has 0 bridgehead atoms. The second kappa shape index (κ2) is 3.61. The van der Waals surface area contributed by atoms with Gasteiger partial charge in [0, 0.05) is 5.02 Å². The number of hydrogen-bond donors (Lipinski definition) is 0. The fourth-order valence-corrected chi connectivity index (χ4v) is 1.49. The number of hydrogen-bond acceptors (Lipinski definition) is 2. The van der Waals surface area contributed by atoms with E-state index >= 15 is 0 Å². The lowest BCUT2D eigenvalue weighted by Crippen LogP contribution is -2.16. The molecule has 1 fully saturated rings. The van der Waals surface area contributed by atoms with Gasteiger partial charge in [0.1, 0.15) is 18.0 Å². The monoisotopic (exact) mass is 232 g/mol. The largest absolute Gasteiger partial charge is 0.489 e. The van der Waals surface area contributed by atoms with Gasteiger partial charge in [-0.25, -0.2) is 0 Å². The van der Waals surface area contributed by atoms with Crippen molar-refractivity contribution in [3.63, 3.8) is 0 Å². The van der Waals surface area contributed by atoms with Crippen LogP contribution in [0.5, 0.6) is 5.75 Å². The molecular formula is C10H10Cl2O2. The van der Waals surface area contributed by atoms with Crippen molar-refractivity contribution in [1.82, 2.24) is 0 Å². The zero-order valence-corrected chi connectivity index (χ0v) is 9.23. The van der Waals surface area contributed by atoms with E-state index in [9.17, 15) is 0 Å². The van der Waals surface area contributed by atoms with E-state index < -0.39 is 0 Å². The third-order valence-corrected chi connectivity index (χ3v) is 2.59. The van der Waals surface area contributed by atoms with Gasteiger partial charge in [-0.15, -0.1) is 0 Å². The van der Waals surface area contributed by atoms with Crippen molar-refractivity contribution in [1.29, 1.82) is 0 Å². The molecule has 1 unspecified atom stereocenters. The Bertz CT molecular complexity index is 348. The van der Waals surface area contributed by atoms with Gasteiger partial charge in [-0.3, -0.25) is 0 Å². The normalized spacial score (nSPS) is 24.8. The molecule has 1 aromatic rings. The van der Waals surface area contributed by atoms with Crippen molar-refractivity contribution in [3.8, 4) is 5.75 Å². The molecule has 0 radical (unpaired) electrons. The molecule has 2 rings (SSSR count). The van der Waals surface area contributed by atoms with Crippen LogP contribution in [0.4, 0.5) is 0 Å². The first kappa shape index (κ1) is 10.1. The predicted octanol–water partition coefficient (Wildman–Crippen LogP) is 3.16. The van der Waals surface area contributed by atoms with Gasteiger partial charge in [0.15, 0.2) is 0 Å². The van der Waals surface area contributed by atoms with Crippen LogP contribution in [0.15, 0.2) is 18.2 Å². The molecule has 1 aliphatic heterocycles. The molecule has 76 valence electrons. The summed E-state index contributed by atoms with van der Waals surface area (Å²) >= 11 is 11.7. The minimum absolute atomic E-state index is 0.122. The van der Waals surface area contributed by atoms with Crippen molar-refractivity contribution in [2.75, 3.05) is 13.2 Å². The van der Waals surface area contributed by atoms with Crippen molar-refractivity contribution >= 4 is 23.2 Å². The summed E-state index contributed by atoms with van der Waals surface area (Å²) in [5, 5.41) is 1.14. The Morgan fingerprint density at radius 2 is 2.21 bits per heavy atom. The Balaban J connectivity index is 2.02. The summed E-state index contributed by atoms with van der Waals surface area (Å²) in [5.41, 5.74) is -0.122. The van der Waals surface area contributed by atoms with Crippen molar-refractivity contribution in [3.05, 3.63) is 28.2 Å². The number of ether oxygens (including phenoxy) is 2. The second-order valence-corrected chi connectivity index (χ2v) is 4.45. The lowest BCUT2D eigenvalue weighted by atomic mass is 10.2. The Kier molecular flexibility index (Phi) is 2.60. The van der Waals surface area contributed by atoms with E-state index in [1.54, 1.807) is 18.2 Å². The van der Waals surface area contributed by atoms with Gasteiger partial charge in [0.2, 0.25) is 0 Å². The first-order valence-electron chi connectivity index (χ1n) is 4.31. The Labute approximate surface area is 92.7 Å². The molecular weight excluding hydrogens is 223 g/mol. The molecule has 1 aromatic carbocycles. The standard InChI is InChI=1S/C10H10Cl2O2/c1-10(6-14-10)5-13-9-3-2-7(11)4-8(9)12/h2-4H,5-6H2,1H3. The van der Waals surface area contributed by atoms with Gasteiger partial charge in [0.25, 0.3) is 0 Å². The highest BCUT2D eigenvalue weighted by atomic mass is 35.5. The molecule has 0 spiro atoms. The quantitative estimate of drug-likeness (QED) is 0.748. The molecule has 0 saturated carbocycles. The molecule has 1 aliphatic rings. The molecule has 14 heavy (non-hydrogen) atoms. The van der Waals surface area contributed by atoms with E-state index in [0.29, 0.717) is 22.4 Å². The van der Waals surface area contributed by atoms with Crippen LogP contribution in [-0.2, 0) is 4.74 Å². The Morgan fingerprint density at radius 3 is 2.79 bits per heavy atom. The molecule has 4 heteroatoms. The number of halogens is 2. The zero-order valence-electron chi connectivity index (χ0n) is 7.72. The fourth-order valence-electron chi connectivity index (χ4n) is 1.03. The van der Waals surface area contributed by atoms with E-state index in [0.717, 1.165) is 6.61 Å². The number of benzene rings is 1. The smallest absolute Gasteiger partial charge is 0.138 e. The predicted molar refractivity (Wildman–Crippen MR) is 56.3 cm³/mol. The lowest BCUT2D eigenvalue weighted by molar-refractivity contribution is 0.202. The lowest BCUT2D eigenvalue weighted by Gasteiger charge is -2.10. The van der Waals surface area contributed by atoms with E-state index in [1.165, 1.54) is 0 Å². The SMILES string of the molecule is CC1(COc2ccc(Cl)cc2Cl)CO1. The molecule has 0 N–H and O–H groups in total. The molecule has 0 amide bonds. The van der Waals surface area contributed by atoms with Gasteiger partial charge in [-0.1, -0.05) is 23.2 Å². The molecule has 2 nitrogen and oxygen atoms in total. The number of epoxide rings is 1. The average molecular weight is 233 g/mol. The summed E-state index contributed by atoms with van der Waals surface area (Å²) < 4.78 is 10.7. The minimum Gasteiger partial charge on any atom is -0.489 e. The Morgan fingerprint density at radius 1 is 1.50 bits per heavy atom. The van der Waals surface area contributed by atoms with Crippen molar-refractivity contribution < 1.29 is 9.47 Å². The van der Waals surface area contributed by atoms with E-state index in [4.69, 9.17) is 32.7 Å². The highest BCUT2D eigenvalue weighted by Crippen LogP contribution is 2.31. The first-order valence-corrected chi connectivity index (χ1v) is 5.06. The maximum Gasteiger partial charge on any atom is 0.138 e. The summed E-state index contributed by atoms with van der Waals surface area (Å²) in [6.45, 7) is 3.27. The van der Waals surface area contributed by atoms with Gasteiger partial charge >= 0.3 is 0 Å². The molecule has 0 aliphatic carbocycles. The molecule has 1 saturated heterocycles.